The molecule has 3 aromatic rings. The Balaban J connectivity index is 1.77. The monoisotopic (exact) mass is 479 g/mol. The molecule has 7 nitrogen and oxygen atoms in total. The second-order valence-corrected chi connectivity index (χ2v) is 8.65. The van der Waals surface area contributed by atoms with Crippen molar-refractivity contribution in [1.29, 1.82) is 0 Å². The fraction of sp³-hybridized carbons (Fsp3) is 0.190. The molecule has 1 aliphatic heterocycles. The molecule has 1 atom stereocenters. The SMILES string of the molecule is Nc1cnc(-c2ccc(-c3ccc(C(F)(F)F)cc3[S+]([O-])N3CCNC(=O)C3)cc2F)cn1. The number of nitrogens with two attached hydrogens (primary N) is 1. The van der Waals surface area contributed by atoms with Crippen LogP contribution in [-0.4, -0.2) is 44.4 Å². The maximum Gasteiger partial charge on any atom is 0.416 e. The molecule has 1 fully saturated rings. The number of carbonyl (C=O) groups excluding carboxylic acids is 1. The molecule has 1 amide bonds. The zero-order chi connectivity index (χ0) is 23.8. The number of hydrogen-bond donors (Lipinski definition) is 2. The third-order valence-electron chi connectivity index (χ3n) is 4.96. The molecular formula is C21H17F4N5O2S. The Bertz CT molecular complexity index is 1190. The fourth-order valence-electron chi connectivity index (χ4n) is 3.34. The second kappa shape index (κ2) is 8.96. The lowest BCUT2D eigenvalue weighted by Crippen LogP contribution is -2.49. The van der Waals surface area contributed by atoms with Crippen LogP contribution in [0.25, 0.3) is 22.4 Å². The highest BCUT2D eigenvalue weighted by Crippen LogP contribution is 2.37. The van der Waals surface area contributed by atoms with Gasteiger partial charge in [-0.05, 0) is 29.8 Å². The molecule has 172 valence electrons. The summed E-state index contributed by atoms with van der Waals surface area (Å²) in [7, 11) is 0. The number of benzene rings is 2. The summed E-state index contributed by atoms with van der Waals surface area (Å²) in [6.45, 7) is 0.174. The Kier molecular flexibility index (Phi) is 6.23. The molecule has 1 aromatic heterocycles. The summed E-state index contributed by atoms with van der Waals surface area (Å²) >= 11 is -2.08. The van der Waals surface area contributed by atoms with E-state index in [1.54, 1.807) is 0 Å². The summed E-state index contributed by atoms with van der Waals surface area (Å²) in [5.74, 6) is -0.914. The molecule has 0 radical (unpaired) electrons. The second-order valence-electron chi connectivity index (χ2n) is 7.19. The number of hydrogen-bond acceptors (Lipinski definition) is 6. The lowest BCUT2D eigenvalue weighted by atomic mass is 10.0. The first-order valence-electron chi connectivity index (χ1n) is 9.66. The molecule has 1 saturated heterocycles. The van der Waals surface area contributed by atoms with E-state index in [4.69, 9.17) is 5.73 Å². The van der Waals surface area contributed by atoms with E-state index in [2.05, 4.69) is 15.3 Å². The van der Waals surface area contributed by atoms with Crippen LogP contribution in [0.5, 0.6) is 0 Å². The number of amides is 1. The van der Waals surface area contributed by atoms with Crippen LogP contribution in [0.15, 0.2) is 53.7 Å². The van der Waals surface area contributed by atoms with Gasteiger partial charge in [-0.25, -0.2) is 9.37 Å². The lowest BCUT2D eigenvalue weighted by Gasteiger charge is -2.28. The minimum absolute atomic E-state index is 0.119. The number of piperazine rings is 1. The Hall–Kier alpha value is -3.22. The standard InChI is InChI=1S/C21H17F4N5O2S/c22-16-7-12(1-3-15(16)17-9-29-19(26)10-28-17)14-4-2-13(21(23,24)25)8-18(14)33(32)30-6-5-27-20(31)11-30/h1-4,7-10H,5-6,11H2,(H2,26,29)(H,27,31). The predicted molar refractivity (Wildman–Crippen MR) is 113 cm³/mol. The van der Waals surface area contributed by atoms with E-state index in [9.17, 15) is 26.9 Å². The van der Waals surface area contributed by atoms with Crippen LogP contribution in [0.1, 0.15) is 5.56 Å². The van der Waals surface area contributed by atoms with Crippen LogP contribution in [0.3, 0.4) is 0 Å². The minimum Gasteiger partial charge on any atom is -0.593 e. The third kappa shape index (κ3) is 4.92. The van der Waals surface area contributed by atoms with E-state index in [0.717, 1.165) is 24.3 Å². The van der Waals surface area contributed by atoms with Gasteiger partial charge in [-0.2, -0.15) is 13.2 Å². The van der Waals surface area contributed by atoms with Gasteiger partial charge in [0.2, 0.25) is 5.91 Å². The van der Waals surface area contributed by atoms with Gasteiger partial charge in [-0.3, -0.25) is 9.78 Å². The van der Waals surface area contributed by atoms with Crippen molar-refractivity contribution in [3.8, 4) is 22.4 Å². The maximum atomic E-state index is 14.9. The first kappa shape index (κ1) is 23.0. The van der Waals surface area contributed by atoms with Gasteiger partial charge >= 0.3 is 6.18 Å². The molecule has 4 rings (SSSR count). The number of nitrogen functional groups attached to an aromatic ring is 1. The summed E-state index contributed by atoms with van der Waals surface area (Å²) in [6.07, 6.45) is -2.10. The Morgan fingerprint density at radius 3 is 2.48 bits per heavy atom. The van der Waals surface area contributed by atoms with Gasteiger partial charge in [0.15, 0.2) is 4.90 Å². The zero-order valence-corrected chi connectivity index (χ0v) is 17.7. The Morgan fingerprint density at radius 2 is 1.85 bits per heavy atom. The molecule has 0 saturated carbocycles. The molecular weight excluding hydrogens is 462 g/mol. The number of aromatic nitrogens is 2. The Labute approximate surface area is 189 Å². The number of nitrogens with zero attached hydrogens (tertiary/aromatic N) is 3. The van der Waals surface area contributed by atoms with Crippen LogP contribution >= 0.6 is 0 Å². The van der Waals surface area contributed by atoms with Gasteiger partial charge in [0.1, 0.15) is 18.2 Å². The first-order chi connectivity index (χ1) is 15.6. The van der Waals surface area contributed by atoms with Gasteiger partial charge in [-0.1, -0.05) is 6.07 Å². The summed E-state index contributed by atoms with van der Waals surface area (Å²) in [5, 5.41) is 2.57. The van der Waals surface area contributed by atoms with Crippen molar-refractivity contribution in [2.45, 2.75) is 11.1 Å². The van der Waals surface area contributed by atoms with Gasteiger partial charge in [0.25, 0.3) is 0 Å². The number of rotatable bonds is 4. The third-order valence-corrected chi connectivity index (χ3v) is 6.46. The highest BCUT2D eigenvalue weighted by Gasteiger charge is 2.36. The molecule has 3 N–H and O–H groups in total. The van der Waals surface area contributed by atoms with Crippen molar-refractivity contribution in [2.75, 3.05) is 25.4 Å². The molecule has 2 heterocycles. The van der Waals surface area contributed by atoms with E-state index in [0.29, 0.717) is 0 Å². The molecule has 0 spiro atoms. The number of halogens is 4. The van der Waals surface area contributed by atoms with Crippen molar-refractivity contribution < 1.29 is 26.9 Å². The Morgan fingerprint density at radius 1 is 1.09 bits per heavy atom. The topological polar surface area (TPSA) is 107 Å². The molecule has 0 bridgehead atoms. The van der Waals surface area contributed by atoms with Crippen LogP contribution in [0.2, 0.25) is 0 Å². The van der Waals surface area contributed by atoms with Crippen LogP contribution in [0.4, 0.5) is 23.4 Å². The summed E-state index contributed by atoms with van der Waals surface area (Å²) < 4.78 is 69.4. The molecule has 2 aromatic carbocycles. The van der Waals surface area contributed by atoms with Crippen molar-refractivity contribution in [3.05, 3.63) is 60.2 Å². The largest absolute Gasteiger partial charge is 0.593 e. The van der Waals surface area contributed by atoms with E-state index in [1.165, 1.54) is 28.8 Å². The fourth-order valence-corrected chi connectivity index (χ4v) is 4.72. The number of anilines is 1. The van der Waals surface area contributed by atoms with Gasteiger partial charge in [-0.15, -0.1) is 4.31 Å². The average molecular weight is 479 g/mol. The molecule has 12 heteroatoms. The van der Waals surface area contributed by atoms with E-state index in [-0.39, 0.29) is 58.6 Å². The average Bonchev–Trinajstić information content (AvgIpc) is 2.78. The zero-order valence-electron chi connectivity index (χ0n) is 16.9. The lowest BCUT2D eigenvalue weighted by molar-refractivity contribution is -0.137. The summed E-state index contributed by atoms with van der Waals surface area (Å²) in [5.41, 5.74) is 5.22. The number of alkyl halides is 3. The first-order valence-corrected chi connectivity index (χ1v) is 10.8. The van der Waals surface area contributed by atoms with Crippen molar-refractivity contribution in [3.63, 3.8) is 0 Å². The van der Waals surface area contributed by atoms with Crippen LogP contribution in [0, 0.1) is 5.82 Å². The van der Waals surface area contributed by atoms with Gasteiger partial charge in [0.05, 0.1) is 41.6 Å². The highest BCUT2D eigenvalue weighted by atomic mass is 32.2. The van der Waals surface area contributed by atoms with Crippen molar-refractivity contribution in [2.24, 2.45) is 0 Å². The molecule has 1 unspecified atom stereocenters. The van der Waals surface area contributed by atoms with Crippen molar-refractivity contribution >= 4 is 23.1 Å². The molecule has 33 heavy (non-hydrogen) atoms. The van der Waals surface area contributed by atoms with E-state index >= 15 is 0 Å². The minimum atomic E-state index is -4.67. The van der Waals surface area contributed by atoms with E-state index < -0.39 is 28.9 Å². The van der Waals surface area contributed by atoms with Crippen LogP contribution in [-0.2, 0) is 22.3 Å². The summed E-state index contributed by atoms with van der Waals surface area (Å²) in [6, 6.07) is 6.79. The van der Waals surface area contributed by atoms with Gasteiger partial charge < -0.3 is 15.6 Å². The van der Waals surface area contributed by atoms with E-state index in [1.807, 2.05) is 0 Å². The quantitative estimate of drug-likeness (QED) is 0.440. The smallest absolute Gasteiger partial charge is 0.416 e. The number of nitrogens with one attached hydrogen (secondary N) is 1. The van der Waals surface area contributed by atoms with Crippen molar-refractivity contribution in [1.82, 2.24) is 19.6 Å². The predicted octanol–water partition coefficient (Wildman–Crippen LogP) is 3.01. The number of carbonyl (C=O) groups is 1. The summed E-state index contributed by atoms with van der Waals surface area (Å²) in [4.78, 5) is 19.4. The highest BCUT2D eigenvalue weighted by molar-refractivity contribution is 7.89. The van der Waals surface area contributed by atoms with Crippen LogP contribution < -0.4 is 11.1 Å². The maximum absolute atomic E-state index is 14.9. The van der Waals surface area contributed by atoms with Gasteiger partial charge in [0, 0.05) is 23.7 Å². The molecule has 0 aliphatic carbocycles. The normalized spacial score (nSPS) is 15.8. The molecule has 1 aliphatic rings.